The first-order chi connectivity index (χ1) is 16.1. The highest BCUT2D eigenvalue weighted by molar-refractivity contribution is 7.92. The molecular weight excluding hydrogens is 480 g/mol. The molecule has 1 amide bonds. The molecule has 0 aromatic heterocycles. The van der Waals surface area contributed by atoms with Crippen molar-refractivity contribution in [2.24, 2.45) is 0 Å². The summed E-state index contributed by atoms with van der Waals surface area (Å²) in [4.78, 5) is 12.5. The molecule has 0 aliphatic heterocycles. The second-order valence-electron chi connectivity index (χ2n) is 7.13. The second kappa shape index (κ2) is 10.6. The summed E-state index contributed by atoms with van der Waals surface area (Å²) in [6.07, 6.45) is -0.318. The van der Waals surface area contributed by atoms with E-state index in [1.54, 1.807) is 42.5 Å². The van der Waals surface area contributed by atoms with E-state index >= 15 is 0 Å². The van der Waals surface area contributed by atoms with E-state index in [1.807, 2.05) is 0 Å². The van der Waals surface area contributed by atoms with E-state index in [4.69, 9.17) is 9.47 Å². The number of hydrogen-bond donors (Lipinski definition) is 2. The molecule has 9 nitrogen and oxygen atoms in total. The van der Waals surface area contributed by atoms with E-state index in [9.17, 15) is 21.6 Å². The van der Waals surface area contributed by atoms with Crippen molar-refractivity contribution in [3.05, 3.63) is 72.8 Å². The first-order valence-corrected chi connectivity index (χ1v) is 13.2. The Morgan fingerprint density at radius 1 is 0.824 bits per heavy atom. The molecule has 3 rings (SSSR count). The Morgan fingerprint density at radius 2 is 1.50 bits per heavy atom. The number of benzene rings is 3. The highest BCUT2D eigenvalue weighted by Crippen LogP contribution is 2.29. The van der Waals surface area contributed by atoms with Gasteiger partial charge in [-0.15, -0.1) is 0 Å². The van der Waals surface area contributed by atoms with Gasteiger partial charge in [-0.3, -0.25) is 9.52 Å². The second-order valence-corrected chi connectivity index (χ2v) is 10.9. The number of rotatable bonds is 10. The summed E-state index contributed by atoms with van der Waals surface area (Å²) in [5.74, 6) is -0.202. The molecule has 0 atom stereocenters. The number of carbonyl (C=O) groups excluding carboxylic acids is 1. The summed E-state index contributed by atoms with van der Waals surface area (Å²) < 4.78 is 63.2. The lowest BCUT2D eigenvalue weighted by molar-refractivity contribution is -0.115. The zero-order valence-corrected chi connectivity index (χ0v) is 20.1. The third-order valence-electron chi connectivity index (χ3n) is 4.80. The molecule has 3 aromatic carbocycles. The van der Waals surface area contributed by atoms with Crippen LogP contribution in [0.1, 0.15) is 6.42 Å². The number of anilines is 2. The van der Waals surface area contributed by atoms with Crippen LogP contribution < -0.4 is 19.5 Å². The monoisotopic (exact) mass is 504 g/mol. The lowest BCUT2D eigenvalue weighted by atomic mass is 10.3. The zero-order chi connectivity index (χ0) is 24.8. The number of methoxy groups -OCH3 is 2. The van der Waals surface area contributed by atoms with Gasteiger partial charge in [0, 0.05) is 12.1 Å². The van der Waals surface area contributed by atoms with Crippen LogP contribution in [-0.2, 0) is 24.7 Å². The fourth-order valence-corrected chi connectivity index (χ4v) is 5.36. The van der Waals surface area contributed by atoms with Crippen LogP contribution in [0, 0.1) is 0 Å². The first-order valence-electron chi connectivity index (χ1n) is 10.1. The van der Waals surface area contributed by atoms with Gasteiger partial charge in [0.15, 0.2) is 9.84 Å². The Morgan fingerprint density at radius 3 is 2.12 bits per heavy atom. The van der Waals surface area contributed by atoms with E-state index in [-0.39, 0.29) is 27.6 Å². The third kappa shape index (κ3) is 6.27. The maximum Gasteiger partial charge on any atom is 0.261 e. The van der Waals surface area contributed by atoms with Crippen LogP contribution in [0.3, 0.4) is 0 Å². The van der Waals surface area contributed by atoms with Crippen molar-refractivity contribution >= 4 is 37.1 Å². The number of sulfone groups is 1. The van der Waals surface area contributed by atoms with Gasteiger partial charge in [0.05, 0.1) is 35.5 Å². The van der Waals surface area contributed by atoms with Crippen LogP contribution in [0.25, 0.3) is 0 Å². The molecule has 0 radical (unpaired) electrons. The maximum absolute atomic E-state index is 12.8. The van der Waals surface area contributed by atoms with Gasteiger partial charge in [-0.2, -0.15) is 0 Å². The molecule has 0 unspecified atom stereocenters. The quantitative estimate of drug-likeness (QED) is 0.434. The SMILES string of the molecule is COc1ccc(NS(=O)(=O)c2ccc(OC)c(NC(=O)CCS(=O)(=O)c3ccccc3)c2)cc1. The van der Waals surface area contributed by atoms with Gasteiger partial charge in [0.2, 0.25) is 5.91 Å². The van der Waals surface area contributed by atoms with Crippen LogP contribution in [-0.4, -0.2) is 42.7 Å². The molecule has 0 fully saturated rings. The van der Waals surface area contributed by atoms with Gasteiger partial charge in [-0.1, -0.05) is 18.2 Å². The van der Waals surface area contributed by atoms with Gasteiger partial charge < -0.3 is 14.8 Å². The average molecular weight is 505 g/mol. The minimum atomic E-state index is -3.98. The molecule has 0 aliphatic rings. The van der Waals surface area contributed by atoms with Crippen molar-refractivity contribution < 1.29 is 31.1 Å². The van der Waals surface area contributed by atoms with E-state index in [1.165, 1.54) is 44.6 Å². The summed E-state index contributed by atoms with van der Waals surface area (Å²) in [5.41, 5.74) is 0.426. The van der Waals surface area contributed by atoms with Crippen molar-refractivity contribution in [3.8, 4) is 11.5 Å². The van der Waals surface area contributed by atoms with Gasteiger partial charge >= 0.3 is 0 Å². The van der Waals surface area contributed by atoms with Crippen LogP contribution in [0.15, 0.2) is 82.6 Å². The predicted octanol–water partition coefficient (Wildman–Crippen LogP) is 3.31. The largest absolute Gasteiger partial charge is 0.497 e. The Kier molecular flexibility index (Phi) is 7.79. The summed E-state index contributed by atoms with van der Waals surface area (Å²) in [6, 6.07) is 18.1. The maximum atomic E-state index is 12.8. The van der Waals surface area contributed by atoms with Crippen molar-refractivity contribution in [2.75, 3.05) is 30.0 Å². The molecule has 0 heterocycles. The Labute approximate surface area is 198 Å². The molecule has 0 aliphatic carbocycles. The number of nitrogens with one attached hydrogen (secondary N) is 2. The summed E-state index contributed by atoms with van der Waals surface area (Å²) in [7, 11) is -4.75. The highest BCUT2D eigenvalue weighted by Gasteiger charge is 2.20. The number of sulfonamides is 1. The van der Waals surface area contributed by atoms with E-state index in [0.717, 1.165) is 0 Å². The minimum absolute atomic E-state index is 0.0993. The van der Waals surface area contributed by atoms with Crippen molar-refractivity contribution in [2.45, 2.75) is 16.2 Å². The van der Waals surface area contributed by atoms with Crippen molar-refractivity contribution in [3.63, 3.8) is 0 Å². The van der Waals surface area contributed by atoms with Crippen LogP contribution >= 0.6 is 0 Å². The topological polar surface area (TPSA) is 128 Å². The number of hydrogen-bond acceptors (Lipinski definition) is 7. The molecule has 11 heteroatoms. The molecule has 2 N–H and O–H groups in total. The molecular formula is C23H24N2O7S2. The average Bonchev–Trinajstić information content (AvgIpc) is 2.83. The fourth-order valence-electron chi connectivity index (χ4n) is 3.01. The van der Waals surface area contributed by atoms with Gasteiger partial charge in [-0.25, -0.2) is 16.8 Å². The van der Waals surface area contributed by atoms with Crippen molar-refractivity contribution in [1.29, 1.82) is 0 Å². The molecule has 0 saturated carbocycles. The smallest absolute Gasteiger partial charge is 0.261 e. The molecule has 34 heavy (non-hydrogen) atoms. The molecule has 3 aromatic rings. The first kappa shape index (κ1) is 25.1. The third-order valence-corrected chi connectivity index (χ3v) is 7.91. The van der Waals surface area contributed by atoms with Gasteiger partial charge in [-0.05, 0) is 54.6 Å². The summed E-state index contributed by atoms with van der Waals surface area (Å²) >= 11 is 0. The fraction of sp³-hybridized carbons (Fsp3) is 0.174. The van der Waals surface area contributed by atoms with E-state index < -0.39 is 31.5 Å². The van der Waals surface area contributed by atoms with Gasteiger partial charge in [0.25, 0.3) is 10.0 Å². The molecule has 0 bridgehead atoms. The van der Waals surface area contributed by atoms with E-state index in [0.29, 0.717) is 11.4 Å². The predicted molar refractivity (Wildman–Crippen MR) is 129 cm³/mol. The number of amides is 1. The number of ether oxygens (including phenoxy) is 2. The van der Waals surface area contributed by atoms with Crippen LogP contribution in [0.5, 0.6) is 11.5 Å². The summed E-state index contributed by atoms with van der Waals surface area (Å²) in [6.45, 7) is 0. The lowest BCUT2D eigenvalue weighted by Gasteiger charge is -2.14. The minimum Gasteiger partial charge on any atom is -0.497 e. The van der Waals surface area contributed by atoms with Crippen LogP contribution in [0.2, 0.25) is 0 Å². The molecule has 0 saturated heterocycles. The Hall–Kier alpha value is -3.57. The van der Waals surface area contributed by atoms with Crippen molar-refractivity contribution in [1.82, 2.24) is 0 Å². The Balaban J connectivity index is 1.74. The molecule has 0 spiro atoms. The normalized spacial score (nSPS) is 11.5. The number of carbonyl (C=O) groups is 1. The zero-order valence-electron chi connectivity index (χ0n) is 18.5. The lowest BCUT2D eigenvalue weighted by Crippen LogP contribution is -2.18. The van der Waals surface area contributed by atoms with Gasteiger partial charge in [0.1, 0.15) is 11.5 Å². The standard InChI is InChI=1S/C23H24N2O7S2/c1-31-18-10-8-17(9-11-18)25-34(29,30)20-12-13-22(32-2)21(16-20)24-23(26)14-15-33(27,28)19-6-4-3-5-7-19/h3-13,16,25H,14-15H2,1-2H3,(H,24,26). The summed E-state index contributed by atoms with van der Waals surface area (Å²) in [5, 5.41) is 2.54. The Bertz CT molecular complexity index is 1360. The molecule has 180 valence electrons. The van der Waals surface area contributed by atoms with Crippen LogP contribution in [0.4, 0.5) is 11.4 Å². The van der Waals surface area contributed by atoms with E-state index in [2.05, 4.69) is 10.0 Å². The highest BCUT2D eigenvalue weighted by atomic mass is 32.2.